The van der Waals surface area contributed by atoms with E-state index in [0.29, 0.717) is 17.0 Å². The number of hydrogen-bond acceptors (Lipinski definition) is 7. The van der Waals surface area contributed by atoms with Crippen LogP contribution in [0.25, 0.3) is 0 Å². The SMILES string of the molecule is CCOC(=O)C1=C(C)NC(C)=C(C(=O)OC)C1c1ccccc1B(O)O. The van der Waals surface area contributed by atoms with Gasteiger partial charge in [0.1, 0.15) is 0 Å². The van der Waals surface area contributed by atoms with Crippen LogP contribution in [0.4, 0.5) is 0 Å². The lowest BCUT2D eigenvalue weighted by Gasteiger charge is -2.31. The summed E-state index contributed by atoms with van der Waals surface area (Å²) >= 11 is 0. The van der Waals surface area contributed by atoms with E-state index < -0.39 is 25.0 Å². The highest BCUT2D eigenvalue weighted by atomic mass is 16.5. The maximum atomic E-state index is 12.6. The van der Waals surface area contributed by atoms with Gasteiger partial charge in [-0.15, -0.1) is 0 Å². The Kier molecular flexibility index (Phi) is 6.23. The van der Waals surface area contributed by atoms with E-state index in [4.69, 9.17) is 9.47 Å². The summed E-state index contributed by atoms with van der Waals surface area (Å²) < 4.78 is 10.1. The van der Waals surface area contributed by atoms with Crippen molar-refractivity contribution in [2.75, 3.05) is 13.7 Å². The van der Waals surface area contributed by atoms with E-state index in [0.717, 1.165) is 0 Å². The molecule has 1 aromatic rings. The molecule has 1 aliphatic heterocycles. The Morgan fingerprint density at radius 1 is 1.12 bits per heavy atom. The number of carbonyl (C=O) groups is 2. The molecule has 138 valence electrons. The minimum atomic E-state index is -1.76. The molecule has 26 heavy (non-hydrogen) atoms. The first kappa shape index (κ1) is 19.7. The second-order valence-electron chi connectivity index (χ2n) is 5.85. The van der Waals surface area contributed by atoms with Crippen molar-refractivity contribution in [3.63, 3.8) is 0 Å². The van der Waals surface area contributed by atoms with E-state index in [2.05, 4.69) is 5.32 Å². The second kappa shape index (κ2) is 8.20. The molecule has 0 aromatic heterocycles. The minimum Gasteiger partial charge on any atom is -0.466 e. The monoisotopic (exact) mass is 359 g/mol. The van der Waals surface area contributed by atoms with Gasteiger partial charge in [0, 0.05) is 11.4 Å². The van der Waals surface area contributed by atoms with Crippen LogP contribution < -0.4 is 10.8 Å². The summed E-state index contributed by atoms with van der Waals surface area (Å²) in [5.41, 5.74) is 2.12. The van der Waals surface area contributed by atoms with Gasteiger partial charge in [0.05, 0.1) is 30.8 Å². The van der Waals surface area contributed by atoms with Gasteiger partial charge in [0.15, 0.2) is 0 Å². The van der Waals surface area contributed by atoms with Crippen molar-refractivity contribution in [3.8, 4) is 0 Å². The van der Waals surface area contributed by atoms with Crippen molar-refractivity contribution in [3.05, 3.63) is 52.4 Å². The molecule has 0 fully saturated rings. The summed E-state index contributed by atoms with van der Waals surface area (Å²) in [4.78, 5) is 25.1. The van der Waals surface area contributed by atoms with Crippen molar-refractivity contribution in [2.45, 2.75) is 26.7 Å². The van der Waals surface area contributed by atoms with Crippen LogP contribution in [-0.2, 0) is 19.1 Å². The smallest absolute Gasteiger partial charge is 0.466 e. The normalized spacial score (nSPS) is 16.9. The van der Waals surface area contributed by atoms with Gasteiger partial charge in [0.2, 0.25) is 0 Å². The molecule has 8 heteroatoms. The molecule has 2 rings (SSSR count). The lowest BCUT2D eigenvalue weighted by Crippen LogP contribution is -2.39. The van der Waals surface area contributed by atoms with E-state index in [-0.39, 0.29) is 23.2 Å². The Morgan fingerprint density at radius 3 is 2.23 bits per heavy atom. The third kappa shape index (κ3) is 3.66. The summed E-state index contributed by atoms with van der Waals surface area (Å²) in [6.07, 6.45) is 0. The predicted octanol–water partition coefficient (Wildman–Crippen LogP) is 0.337. The van der Waals surface area contributed by atoms with Crippen molar-refractivity contribution in [2.24, 2.45) is 0 Å². The Morgan fingerprint density at radius 2 is 1.69 bits per heavy atom. The number of benzene rings is 1. The van der Waals surface area contributed by atoms with Crippen LogP contribution in [0.1, 0.15) is 32.3 Å². The summed E-state index contributed by atoms with van der Waals surface area (Å²) in [6, 6.07) is 6.53. The molecule has 0 saturated carbocycles. The van der Waals surface area contributed by atoms with Gasteiger partial charge in [-0.3, -0.25) is 0 Å². The molecule has 0 amide bonds. The molecule has 7 nitrogen and oxygen atoms in total. The molecular weight excluding hydrogens is 337 g/mol. The maximum absolute atomic E-state index is 12.6. The largest absolute Gasteiger partial charge is 0.488 e. The van der Waals surface area contributed by atoms with Crippen LogP contribution in [0.15, 0.2) is 46.8 Å². The van der Waals surface area contributed by atoms with Crippen molar-refractivity contribution < 1.29 is 29.1 Å². The summed E-state index contributed by atoms with van der Waals surface area (Å²) in [5.74, 6) is -2.05. The zero-order valence-electron chi connectivity index (χ0n) is 15.2. The highest BCUT2D eigenvalue weighted by Gasteiger charge is 2.39. The number of ether oxygens (including phenoxy) is 2. The first-order chi connectivity index (χ1) is 12.3. The van der Waals surface area contributed by atoms with Gasteiger partial charge < -0.3 is 24.8 Å². The molecule has 1 heterocycles. The van der Waals surface area contributed by atoms with E-state index in [1.54, 1.807) is 39.0 Å². The molecule has 0 spiro atoms. The minimum absolute atomic E-state index is 0.170. The van der Waals surface area contributed by atoms with Crippen LogP contribution in [0.2, 0.25) is 0 Å². The lowest BCUT2D eigenvalue weighted by molar-refractivity contribution is -0.139. The molecule has 0 bridgehead atoms. The molecule has 0 radical (unpaired) electrons. The van der Waals surface area contributed by atoms with Crippen LogP contribution in [0.5, 0.6) is 0 Å². The molecule has 1 unspecified atom stereocenters. The highest BCUT2D eigenvalue weighted by molar-refractivity contribution is 6.59. The van der Waals surface area contributed by atoms with E-state index in [9.17, 15) is 19.6 Å². The van der Waals surface area contributed by atoms with Gasteiger partial charge in [-0.05, 0) is 31.8 Å². The first-order valence-electron chi connectivity index (χ1n) is 8.22. The number of dihydropyridines is 1. The Balaban J connectivity index is 2.75. The van der Waals surface area contributed by atoms with Gasteiger partial charge >= 0.3 is 19.1 Å². The maximum Gasteiger partial charge on any atom is 0.488 e. The van der Waals surface area contributed by atoms with Crippen molar-refractivity contribution in [1.29, 1.82) is 0 Å². The average Bonchev–Trinajstić information content (AvgIpc) is 2.60. The molecule has 1 aromatic carbocycles. The van der Waals surface area contributed by atoms with E-state index >= 15 is 0 Å². The lowest BCUT2D eigenvalue weighted by atomic mass is 9.69. The molecule has 0 saturated heterocycles. The van der Waals surface area contributed by atoms with Crippen LogP contribution in [-0.4, -0.2) is 42.8 Å². The fourth-order valence-electron chi connectivity index (χ4n) is 3.17. The number of rotatable bonds is 5. The van der Waals surface area contributed by atoms with E-state index in [1.807, 2.05) is 0 Å². The fourth-order valence-corrected chi connectivity index (χ4v) is 3.17. The number of methoxy groups -OCH3 is 1. The first-order valence-corrected chi connectivity index (χ1v) is 8.22. The molecule has 3 N–H and O–H groups in total. The fraction of sp³-hybridized carbons (Fsp3) is 0.333. The van der Waals surface area contributed by atoms with Gasteiger partial charge in [0.25, 0.3) is 0 Å². The average molecular weight is 359 g/mol. The van der Waals surface area contributed by atoms with Gasteiger partial charge in [-0.2, -0.15) is 0 Å². The molecule has 1 atom stereocenters. The predicted molar refractivity (Wildman–Crippen MR) is 96.2 cm³/mol. The number of carbonyl (C=O) groups excluding carboxylic acids is 2. The summed E-state index contributed by atoms with van der Waals surface area (Å²) in [7, 11) is -0.508. The standard InChI is InChI=1S/C18H22BNO6/c1-5-26-18(22)15-11(3)20-10(2)14(17(21)25-4)16(15)12-8-6-7-9-13(12)19(23)24/h6-9,16,20,23-24H,5H2,1-4H3. The molecule has 0 aliphatic carbocycles. The summed E-state index contributed by atoms with van der Waals surface area (Å²) in [6.45, 7) is 5.26. The highest BCUT2D eigenvalue weighted by Crippen LogP contribution is 2.38. The zero-order valence-corrected chi connectivity index (χ0v) is 15.2. The molecular formula is C18H22BNO6. The number of hydrogen-bond donors (Lipinski definition) is 3. The number of allylic oxidation sites excluding steroid dienone is 2. The quantitative estimate of drug-likeness (QED) is 0.514. The second-order valence-corrected chi connectivity index (χ2v) is 5.85. The van der Waals surface area contributed by atoms with Gasteiger partial charge in [-0.25, -0.2) is 9.59 Å². The van der Waals surface area contributed by atoms with Gasteiger partial charge in [-0.1, -0.05) is 24.3 Å². The zero-order chi connectivity index (χ0) is 19.4. The van der Waals surface area contributed by atoms with Crippen LogP contribution >= 0.6 is 0 Å². The van der Waals surface area contributed by atoms with Crippen molar-refractivity contribution >= 4 is 24.5 Å². The van der Waals surface area contributed by atoms with Crippen molar-refractivity contribution in [1.82, 2.24) is 5.32 Å². The Labute approximate surface area is 152 Å². The van der Waals surface area contributed by atoms with Crippen LogP contribution in [0.3, 0.4) is 0 Å². The Hall–Kier alpha value is -2.58. The summed E-state index contributed by atoms with van der Waals surface area (Å²) in [5, 5.41) is 22.5. The molecule has 1 aliphatic rings. The van der Waals surface area contributed by atoms with Crippen LogP contribution in [0, 0.1) is 0 Å². The number of esters is 2. The Bertz CT molecular complexity index is 784. The third-order valence-electron chi connectivity index (χ3n) is 4.25. The van der Waals surface area contributed by atoms with E-state index in [1.165, 1.54) is 13.2 Å². The number of nitrogens with one attached hydrogen (secondary N) is 1. The third-order valence-corrected chi connectivity index (χ3v) is 4.25. The topological polar surface area (TPSA) is 105 Å².